The van der Waals surface area contributed by atoms with Crippen molar-refractivity contribution in [3.05, 3.63) is 75.9 Å². The number of rotatable bonds is 4. The summed E-state index contributed by atoms with van der Waals surface area (Å²) in [7, 11) is 0. The summed E-state index contributed by atoms with van der Waals surface area (Å²) in [6.07, 6.45) is 0. The number of nitrogens with two attached hydrogens (primary N) is 2. The molecule has 0 unspecified atom stereocenters. The van der Waals surface area contributed by atoms with Gasteiger partial charge in [0.05, 0.1) is 5.69 Å². The van der Waals surface area contributed by atoms with E-state index in [1.54, 1.807) is 0 Å². The van der Waals surface area contributed by atoms with Gasteiger partial charge in [-0.25, -0.2) is 9.37 Å². The number of carbonyl (C=O) groups excluding carboxylic acids is 1. The first-order valence-electron chi connectivity index (χ1n) is 9.64. The molecule has 0 aliphatic rings. The molecule has 4 aromatic rings. The van der Waals surface area contributed by atoms with Gasteiger partial charge in [0.15, 0.2) is 0 Å². The minimum Gasteiger partial charge on any atom is -0.397 e. The van der Waals surface area contributed by atoms with E-state index in [1.165, 1.54) is 24.3 Å². The van der Waals surface area contributed by atoms with Crippen LogP contribution >= 0.6 is 11.3 Å². The summed E-state index contributed by atoms with van der Waals surface area (Å²) < 4.78 is 13.3. The zero-order valence-corrected chi connectivity index (χ0v) is 17.8. The summed E-state index contributed by atoms with van der Waals surface area (Å²) in [4.78, 5) is 18.1. The van der Waals surface area contributed by atoms with Crippen LogP contribution in [0.3, 0.4) is 0 Å². The Hall–Kier alpha value is -3.76. The first kappa shape index (κ1) is 20.5. The molecule has 4 N–H and O–H groups in total. The Bertz CT molecular complexity index is 1350. The summed E-state index contributed by atoms with van der Waals surface area (Å²) in [6, 6.07) is 15.2. The van der Waals surface area contributed by atoms with E-state index in [0.717, 1.165) is 22.5 Å². The fourth-order valence-corrected chi connectivity index (χ4v) is 4.58. The molecule has 2 aromatic carbocycles. The second-order valence-electron chi connectivity index (χ2n) is 7.50. The number of anilines is 2. The Morgan fingerprint density at radius 1 is 1.10 bits per heavy atom. The molecule has 7 heteroatoms. The number of pyridine rings is 1. The SMILES string of the molecule is CC(C)c1ccc(-c2c(C#N)c(N)nc3sc(C(=O)c4ccc(F)cc4)c(N)c23)cc1. The van der Waals surface area contributed by atoms with E-state index in [4.69, 9.17) is 11.5 Å². The average molecular weight is 431 g/mol. The number of nitrogen functional groups attached to an aromatic ring is 2. The van der Waals surface area contributed by atoms with E-state index in [9.17, 15) is 14.4 Å². The topological polar surface area (TPSA) is 106 Å². The Morgan fingerprint density at radius 3 is 2.32 bits per heavy atom. The lowest BCUT2D eigenvalue weighted by Crippen LogP contribution is -2.03. The Kier molecular flexibility index (Phi) is 5.17. The predicted molar refractivity (Wildman–Crippen MR) is 123 cm³/mol. The van der Waals surface area contributed by atoms with Crippen molar-refractivity contribution in [3.8, 4) is 17.2 Å². The van der Waals surface area contributed by atoms with Gasteiger partial charge in [-0.15, -0.1) is 11.3 Å². The third-order valence-corrected chi connectivity index (χ3v) is 6.29. The number of fused-ring (bicyclic) bond motifs is 1. The van der Waals surface area contributed by atoms with Crippen molar-refractivity contribution >= 4 is 38.8 Å². The van der Waals surface area contributed by atoms with Crippen LogP contribution in [0.4, 0.5) is 15.9 Å². The predicted octanol–water partition coefficient (Wildman–Crippen LogP) is 5.49. The molecule has 4 rings (SSSR count). The number of aromatic nitrogens is 1. The van der Waals surface area contributed by atoms with E-state index in [0.29, 0.717) is 27.3 Å². The molecule has 2 aromatic heterocycles. The van der Waals surface area contributed by atoms with Crippen molar-refractivity contribution in [3.63, 3.8) is 0 Å². The maximum absolute atomic E-state index is 13.3. The molecule has 31 heavy (non-hydrogen) atoms. The van der Waals surface area contributed by atoms with E-state index >= 15 is 0 Å². The number of ketones is 1. The van der Waals surface area contributed by atoms with Crippen LogP contribution in [0.2, 0.25) is 0 Å². The molecule has 2 heterocycles. The van der Waals surface area contributed by atoms with Crippen molar-refractivity contribution in [1.29, 1.82) is 5.26 Å². The second-order valence-corrected chi connectivity index (χ2v) is 8.50. The third kappa shape index (κ3) is 3.51. The van der Waals surface area contributed by atoms with E-state index in [2.05, 4.69) is 24.9 Å². The average Bonchev–Trinajstić information content (AvgIpc) is 3.08. The summed E-state index contributed by atoms with van der Waals surface area (Å²) in [5.41, 5.74) is 15.8. The Balaban J connectivity index is 1.96. The number of halogens is 1. The van der Waals surface area contributed by atoms with Crippen LogP contribution in [0.15, 0.2) is 48.5 Å². The van der Waals surface area contributed by atoms with Gasteiger partial charge in [-0.05, 0) is 41.3 Å². The minimum atomic E-state index is -0.430. The van der Waals surface area contributed by atoms with Crippen molar-refractivity contribution in [2.45, 2.75) is 19.8 Å². The minimum absolute atomic E-state index is 0.0833. The van der Waals surface area contributed by atoms with Gasteiger partial charge < -0.3 is 11.5 Å². The molecule has 0 saturated heterocycles. The largest absolute Gasteiger partial charge is 0.397 e. The van der Waals surface area contributed by atoms with Gasteiger partial charge in [-0.3, -0.25) is 4.79 Å². The monoisotopic (exact) mass is 430 g/mol. The fraction of sp³-hybridized carbons (Fsp3) is 0.125. The van der Waals surface area contributed by atoms with Crippen molar-refractivity contribution < 1.29 is 9.18 Å². The maximum atomic E-state index is 13.3. The Morgan fingerprint density at radius 2 is 1.74 bits per heavy atom. The van der Waals surface area contributed by atoms with Crippen molar-refractivity contribution in [1.82, 2.24) is 4.98 Å². The van der Waals surface area contributed by atoms with Crippen LogP contribution in [0.1, 0.15) is 46.1 Å². The second kappa shape index (κ2) is 7.82. The summed E-state index contributed by atoms with van der Waals surface area (Å²) in [5, 5.41) is 10.3. The number of nitriles is 1. The zero-order valence-electron chi connectivity index (χ0n) is 16.9. The molecule has 0 saturated carbocycles. The summed E-state index contributed by atoms with van der Waals surface area (Å²) in [5.74, 6) is -0.321. The number of hydrogen-bond donors (Lipinski definition) is 2. The lowest BCUT2D eigenvalue weighted by atomic mass is 9.94. The number of carbonyl (C=O) groups is 1. The van der Waals surface area contributed by atoms with Crippen molar-refractivity contribution in [2.75, 3.05) is 11.5 Å². The van der Waals surface area contributed by atoms with Crippen LogP contribution in [-0.2, 0) is 0 Å². The normalized spacial score (nSPS) is 11.1. The molecule has 0 radical (unpaired) electrons. The Labute approximate surface area is 182 Å². The van der Waals surface area contributed by atoms with Crippen LogP contribution in [0, 0.1) is 17.1 Å². The molecular weight excluding hydrogens is 411 g/mol. The van der Waals surface area contributed by atoms with Crippen LogP contribution in [-0.4, -0.2) is 10.8 Å². The smallest absolute Gasteiger partial charge is 0.205 e. The van der Waals surface area contributed by atoms with Crippen LogP contribution in [0.5, 0.6) is 0 Å². The first-order valence-corrected chi connectivity index (χ1v) is 10.5. The highest BCUT2D eigenvalue weighted by Gasteiger charge is 2.25. The molecule has 0 aliphatic heterocycles. The lowest BCUT2D eigenvalue weighted by molar-refractivity contribution is 0.104. The summed E-state index contributed by atoms with van der Waals surface area (Å²) in [6.45, 7) is 4.20. The number of nitrogens with zero attached hydrogens (tertiary/aromatic N) is 2. The number of thiophene rings is 1. The lowest BCUT2D eigenvalue weighted by Gasteiger charge is -2.11. The molecular formula is C24H19FN4OS. The highest BCUT2D eigenvalue weighted by atomic mass is 32.1. The van der Waals surface area contributed by atoms with Gasteiger partial charge in [-0.1, -0.05) is 38.1 Å². The zero-order chi connectivity index (χ0) is 22.3. The van der Waals surface area contributed by atoms with Gasteiger partial charge in [0, 0.05) is 16.5 Å². The van der Waals surface area contributed by atoms with Gasteiger partial charge in [0.25, 0.3) is 0 Å². The highest BCUT2D eigenvalue weighted by Crippen LogP contribution is 2.43. The molecule has 0 atom stereocenters. The fourth-order valence-electron chi connectivity index (χ4n) is 3.51. The van der Waals surface area contributed by atoms with E-state index in [1.807, 2.05) is 24.3 Å². The number of hydrogen-bond acceptors (Lipinski definition) is 6. The molecule has 0 fully saturated rings. The first-order chi connectivity index (χ1) is 14.8. The highest BCUT2D eigenvalue weighted by molar-refractivity contribution is 7.21. The standard InChI is InChI=1S/C24H19FN4OS/c1-12(2)13-3-5-14(6-4-13)18-17(11-26)23(28)29-24-19(18)20(27)22(31-24)21(30)15-7-9-16(25)10-8-15/h3-10,12H,27H2,1-2H3,(H2,28,29). The van der Waals surface area contributed by atoms with Crippen LogP contribution < -0.4 is 11.5 Å². The van der Waals surface area contributed by atoms with Gasteiger partial charge in [0.1, 0.15) is 33.0 Å². The van der Waals surface area contributed by atoms with E-state index in [-0.39, 0.29) is 27.7 Å². The molecule has 0 bridgehead atoms. The molecule has 0 aliphatic carbocycles. The number of benzene rings is 2. The van der Waals surface area contributed by atoms with Crippen molar-refractivity contribution in [2.24, 2.45) is 0 Å². The molecule has 5 nitrogen and oxygen atoms in total. The maximum Gasteiger partial charge on any atom is 0.205 e. The molecule has 0 amide bonds. The van der Waals surface area contributed by atoms with E-state index < -0.39 is 5.82 Å². The van der Waals surface area contributed by atoms with Crippen LogP contribution in [0.25, 0.3) is 21.3 Å². The third-order valence-electron chi connectivity index (χ3n) is 5.20. The molecule has 0 spiro atoms. The van der Waals surface area contributed by atoms with Gasteiger partial charge in [0.2, 0.25) is 5.78 Å². The van der Waals surface area contributed by atoms with Gasteiger partial charge in [-0.2, -0.15) is 5.26 Å². The summed E-state index contributed by atoms with van der Waals surface area (Å²) >= 11 is 1.11. The molecule has 154 valence electrons. The van der Waals surface area contributed by atoms with Gasteiger partial charge >= 0.3 is 0 Å². The quantitative estimate of drug-likeness (QED) is 0.416.